The van der Waals surface area contributed by atoms with Crippen LogP contribution in [0, 0.1) is 18.2 Å². The normalized spacial score (nSPS) is 20.6. The predicted octanol–water partition coefficient (Wildman–Crippen LogP) is 1.83. The van der Waals surface area contributed by atoms with Crippen LogP contribution in [0.1, 0.15) is 17.3 Å². The maximum atomic E-state index is 14.4. The number of esters is 1. The average molecular weight is 381 g/mol. The molecule has 0 spiro atoms. The summed E-state index contributed by atoms with van der Waals surface area (Å²) in [6.45, 7) is 2.01. The molecule has 136 valence electrons. The maximum Gasteiger partial charge on any atom is 0.340 e. The number of nitrogens with zero attached hydrogens (tertiary/aromatic N) is 2. The van der Waals surface area contributed by atoms with Crippen molar-refractivity contribution in [1.29, 1.82) is 0 Å². The smallest absolute Gasteiger partial charge is 0.340 e. The zero-order valence-corrected chi connectivity index (χ0v) is 14.5. The lowest BCUT2D eigenvalue weighted by molar-refractivity contribution is -0.123. The van der Waals surface area contributed by atoms with Crippen LogP contribution in [0.15, 0.2) is 12.1 Å². The summed E-state index contributed by atoms with van der Waals surface area (Å²) >= 11 is 5.91. The molecular weight excluding hydrogens is 367 g/mol. The summed E-state index contributed by atoms with van der Waals surface area (Å²) in [4.78, 5) is 39.2. The first kappa shape index (κ1) is 18.2. The molecular formula is C17H14ClFN2O5. The number of carbonyl (C=O) groups is 3. The van der Waals surface area contributed by atoms with Crippen molar-refractivity contribution in [1.82, 2.24) is 4.90 Å². The second kappa shape index (κ2) is 6.94. The Labute approximate surface area is 153 Å². The molecule has 2 heterocycles. The Hall–Kier alpha value is -2.63. The molecule has 9 heteroatoms. The van der Waals surface area contributed by atoms with E-state index in [9.17, 15) is 18.8 Å². The zero-order valence-electron chi connectivity index (χ0n) is 13.7. The molecule has 0 N–H and O–H groups in total. The fourth-order valence-corrected chi connectivity index (χ4v) is 2.98. The van der Waals surface area contributed by atoms with Gasteiger partial charge >= 0.3 is 12.0 Å². The highest BCUT2D eigenvalue weighted by Crippen LogP contribution is 2.32. The quantitative estimate of drug-likeness (QED) is 0.454. The third kappa shape index (κ3) is 3.00. The predicted molar refractivity (Wildman–Crippen MR) is 89.3 cm³/mol. The van der Waals surface area contributed by atoms with Crippen molar-refractivity contribution in [2.45, 2.75) is 19.1 Å². The minimum atomic E-state index is -0.918. The summed E-state index contributed by atoms with van der Waals surface area (Å²) in [5, 5.41) is -0.222. The number of fused-ring (bicyclic) bond motifs is 1. The fraction of sp³-hybridized carbons (Fsp3) is 0.353. The summed E-state index contributed by atoms with van der Waals surface area (Å²) < 4.78 is 24.6. The third-order valence-electron chi connectivity index (χ3n) is 4.09. The molecule has 1 aromatic carbocycles. The van der Waals surface area contributed by atoms with E-state index in [0.717, 1.165) is 12.1 Å². The zero-order chi connectivity index (χ0) is 19.0. The van der Waals surface area contributed by atoms with Crippen molar-refractivity contribution in [2.24, 2.45) is 0 Å². The van der Waals surface area contributed by atoms with Crippen LogP contribution in [-0.4, -0.2) is 54.7 Å². The number of amides is 3. The number of hydrogen-bond donors (Lipinski definition) is 0. The maximum absolute atomic E-state index is 14.4. The fourth-order valence-electron chi connectivity index (χ4n) is 2.75. The first-order chi connectivity index (χ1) is 12.3. The van der Waals surface area contributed by atoms with Crippen LogP contribution in [0.5, 0.6) is 0 Å². The number of terminal acetylenes is 1. The molecule has 7 nitrogen and oxygen atoms in total. The number of morpholine rings is 1. The van der Waals surface area contributed by atoms with Crippen molar-refractivity contribution in [3.05, 3.63) is 28.5 Å². The Morgan fingerprint density at radius 2 is 2.23 bits per heavy atom. The Balaban J connectivity index is 1.99. The van der Waals surface area contributed by atoms with Crippen molar-refractivity contribution in [3.63, 3.8) is 0 Å². The Kier molecular flexibility index (Phi) is 4.85. The molecule has 0 aromatic heterocycles. The standard InChI is InChI=1S/C17H14ClFN2O5/c1-3-9(2)26-16(23)10-6-13(12(19)7-11(10)18)21-15(22)14-8-25-5-4-20(14)17(21)24/h1,6-7,9,14H,4-5,8H2,2H3. The van der Waals surface area contributed by atoms with E-state index in [0.29, 0.717) is 4.90 Å². The average Bonchev–Trinajstić information content (AvgIpc) is 2.86. The van der Waals surface area contributed by atoms with Gasteiger partial charge in [-0.05, 0) is 19.1 Å². The summed E-state index contributed by atoms with van der Waals surface area (Å²) in [5.41, 5.74) is -0.578. The van der Waals surface area contributed by atoms with E-state index in [1.165, 1.54) is 11.8 Å². The molecule has 0 radical (unpaired) electrons. The molecule has 1 aromatic rings. The monoisotopic (exact) mass is 380 g/mol. The van der Waals surface area contributed by atoms with E-state index >= 15 is 0 Å². The highest BCUT2D eigenvalue weighted by atomic mass is 35.5. The van der Waals surface area contributed by atoms with Gasteiger partial charge in [0.25, 0.3) is 5.91 Å². The number of urea groups is 1. The minimum Gasteiger partial charge on any atom is -0.446 e. The molecule has 26 heavy (non-hydrogen) atoms. The third-order valence-corrected chi connectivity index (χ3v) is 4.40. The summed E-state index contributed by atoms with van der Waals surface area (Å²) in [5.74, 6) is -0.222. The molecule has 2 fully saturated rings. The lowest BCUT2D eigenvalue weighted by Gasteiger charge is -2.26. The van der Waals surface area contributed by atoms with Gasteiger partial charge in [0.15, 0.2) is 6.10 Å². The molecule has 2 aliphatic heterocycles. The number of halogens is 2. The van der Waals surface area contributed by atoms with Gasteiger partial charge in [-0.2, -0.15) is 0 Å². The van der Waals surface area contributed by atoms with Crippen molar-refractivity contribution in [3.8, 4) is 12.3 Å². The van der Waals surface area contributed by atoms with Crippen LogP contribution in [0.2, 0.25) is 5.02 Å². The van der Waals surface area contributed by atoms with Gasteiger partial charge in [-0.25, -0.2) is 18.9 Å². The van der Waals surface area contributed by atoms with E-state index in [1.807, 2.05) is 0 Å². The Morgan fingerprint density at radius 1 is 1.50 bits per heavy atom. The van der Waals surface area contributed by atoms with E-state index in [2.05, 4.69) is 5.92 Å². The topological polar surface area (TPSA) is 76.2 Å². The van der Waals surface area contributed by atoms with Gasteiger partial charge in [0.1, 0.15) is 11.9 Å². The van der Waals surface area contributed by atoms with Gasteiger partial charge in [0, 0.05) is 6.54 Å². The number of ether oxygens (including phenoxy) is 2. The van der Waals surface area contributed by atoms with Gasteiger partial charge < -0.3 is 14.4 Å². The van der Waals surface area contributed by atoms with Crippen LogP contribution in [0.4, 0.5) is 14.9 Å². The summed E-state index contributed by atoms with van der Waals surface area (Å²) in [7, 11) is 0. The van der Waals surface area contributed by atoms with E-state index < -0.39 is 35.9 Å². The van der Waals surface area contributed by atoms with E-state index in [1.54, 1.807) is 0 Å². The van der Waals surface area contributed by atoms with Gasteiger partial charge in [-0.1, -0.05) is 17.5 Å². The van der Waals surface area contributed by atoms with Crippen LogP contribution < -0.4 is 4.90 Å². The van der Waals surface area contributed by atoms with Crippen LogP contribution in [0.3, 0.4) is 0 Å². The van der Waals surface area contributed by atoms with Crippen LogP contribution in [0.25, 0.3) is 0 Å². The van der Waals surface area contributed by atoms with Gasteiger partial charge in [-0.15, -0.1) is 6.42 Å². The lowest BCUT2D eigenvalue weighted by atomic mass is 10.1. The number of imide groups is 1. The van der Waals surface area contributed by atoms with Crippen molar-refractivity contribution in [2.75, 3.05) is 24.7 Å². The molecule has 3 amide bonds. The van der Waals surface area contributed by atoms with Crippen LogP contribution >= 0.6 is 11.6 Å². The molecule has 2 saturated heterocycles. The van der Waals surface area contributed by atoms with E-state index in [4.69, 9.17) is 27.5 Å². The minimum absolute atomic E-state index is 0.0326. The van der Waals surface area contributed by atoms with Crippen molar-refractivity contribution < 1.29 is 28.2 Å². The Morgan fingerprint density at radius 3 is 2.88 bits per heavy atom. The number of carbonyl (C=O) groups excluding carboxylic acids is 3. The van der Waals surface area contributed by atoms with Gasteiger partial charge in [-0.3, -0.25) is 4.79 Å². The van der Waals surface area contributed by atoms with Crippen LogP contribution in [-0.2, 0) is 14.3 Å². The second-order valence-electron chi connectivity index (χ2n) is 5.74. The molecule has 2 unspecified atom stereocenters. The second-order valence-corrected chi connectivity index (χ2v) is 6.15. The van der Waals surface area contributed by atoms with Gasteiger partial charge in [0.05, 0.1) is 29.5 Å². The number of benzene rings is 1. The van der Waals surface area contributed by atoms with Crippen molar-refractivity contribution >= 4 is 35.2 Å². The molecule has 2 atom stereocenters. The Bertz CT molecular complexity index is 813. The molecule has 2 aliphatic rings. The summed E-state index contributed by atoms with van der Waals surface area (Å²) in [6.07, 6.45) is 4.33. The summed E-state index contributed by atoms with van der Waals surface area (Å²) in [6, 6.07) is 0.366. The van der Waals surface area contributed by atoms with E-state index in [-0.39, 0.29) is 36.0 Å². The highest BCUT2D eigenvalue weighted by Gasteiger charge is 2.48. The number of rotatable bonds is 3. The number of hydrogen-bond acceptors (Lipinski definition) is 5. The van der Waals surface area contributed by atoms with Gasteiger partial charge in [0.2, 0.25) is 0 Å². The molecule has 0 saturated carbocycles. The SMILES string of the molecule is C#CC(C)OC(=O)c1cc(N2C(=O)C3COCCN3C2=O)c(F)cc1Cl. The lowest BCUT2D eigenvalue weighted by Crippen LogP contribution is -2.45. The molecule has 0 bridgehead atoms. The first-order valence-corrected chi connectivity index (χ1v) is 8.11. The first-order valence-electron chi connectivity index (χ1n) is 7.73. The highest BCUT2D eigenvalue weighted by molar-refractivity contribution is 6.34. The number of anilines is 1. The molecule has 0 aliphatic carbocycles. The molecule has 3 rings (SSSR count). The largest absolute Gasteiger partial charge is 0.446 e.